The zero-order valence-corrected chi connectivity index (χ0v) is 18.3. The molecule has 34 heavy (non-hydrogen) atoms. The number of carbonyl (C=O) groups is 1. The average molecular weight is 455 g/mol. The second kappa shape index (κ2) is 9.74. The van der Waals surface area contributed by atoms with Crippen molar-refractivity contribution in [3.8, 4) is 0 Å². The summed E-state index contributed by atoms with van der Waals surface area (Å²) in [5.41, 5.74) is 5.89. The van der Waals surface area contributed by atoms with E-state index in [1.54, 1.807) is 18.2 Å². The fourth-order valence-electron chi connectivity index (χ4n) is 3.78. The Kier molecular flexibility index (Phi) is 6.19. The van der Waals surface area contributed by atoms with Crippen LogP contribution in [0.4, 0.5) is 11.4 Å². The lowest BCUT2D eigenvalue weighted by Crippen LogP contribution is -2.46. The summed E-state index contributed by atoms with van der Waals surface area (Å²) < 4.78 is 5.57. The van der Waals surface area contributed by atoms with E-state index in [1.165, 1.54) is 0 Å². The smallest absolute Gasteiger partial charge is 0.253 e. The van der Waals surface area contributed by atoms with Gasteiger partial charge in [-0.05, 0) is 30.3 Å². The Morgan fingerprint density at radius 1 is 1.03 bits per heavy atom. The lowest BCUT2D eigenvalue weighted by Gasteiger charge is -2.38. The molecule has 4 aromatic rings. The number of anilines is 2. The summed E-state index contributed by atoms with van der Waals surface area (Å²) in [4.78, 5) is 21.7. The molecule has 0 atom stereocenters. The number of hydrogen-bond donors (Lipinski definition) is 3. The zero-order chi connectivity index (χ0) is 23.3. The van der Waals surface area contributed by atoms with Crippen molar-refractivity contribution in [2.75, 3.05) is 36.8 Å². The number of aliphatic imine (C=N–C) groups is 1. The van der Waals surface area contributed by atoms with Gasteiger partial charge in [0.15, 0.2) is 0 Å². The van der Waals surface area contributed by atoms with E-state index in [1.807, 2.05) is 54.6 Å². The third-order valence-electron chi connectivity index (χ3n) is 5.41. The number of hydrogen-bond acceptors (Lipinski definition) is 6. The number of carbonyl (C=O) groups excluding carboxylic acids is 1. The number of benzene rings is 3. The predicted octanol–water partition coefficient (Wildman–Crippen LogP) is 3.42. The molecule has 3 aromatic carbocycles. The molecule has 1 aliphatic rings. The van der Waals surface area contributed by atoms with Crippen LogP contribution in [-0.2, 0) is 4.74 Å². The van der Waals surface area contributed by atoms with Gasteiger partial charge in [-0.15, -0.1) is 0 Å². The Hall–Kier alpha value is -4.21. The monoisotopic (exact) mass is 455 g/mol. The van der Waals surface area contributed by atoms with Crippen molar-refractivity contribution in [3.05, 3.63) is 83.6 Å². The molecule has 0 aliphatic carbocycles. The third-order valence-corrected chi connectivity index (χ3v) is 5.41. The molecule has 2 heterocycles. The van der Waals surface area contributed by atoms with Gasteiger partial charge in [0.2, 0.25) is 5.96 Å². The third kappa shape index (κ3) is 4.61. The molecule has 9 nitrogen and oxygen atoms in total. The summed E-state index contributed by atoms with van der Waals surface area (Å²) in [6, 6.07) is 22.6. The molecule has 0 saturated heterocycles. The van der Waals surface area contributed by atoms with Gasteiger partial charge in [-0.2, -0.15) is 0 Å². The highest BCUT2D eigenvalue weighted by molar-refractivity contribution is 6.07. The standard InChI is InChI=1S/C25H23N6O3/c32-24(19-8-5-7-18-16-17-6-1-2-9-20(17)28-23(18)19)26-12-14-34-15-13-27-25-29-21-10-3-4-11-22(21)31(33)30-25/h1-11,16H,12-15H2,(H,26,32)(H2,27,29,30)/q-1. The number of rotatable bonds is 7. The van der Waals surface area contributed by atoms with Crippen molar-refractivity contribution >= 4 is 45.0 Å². The zero-order valence-electron chi connectivity index (χ0n) is 18.3. The lowest BCUT2D eigenvalue weighted by atomic mass is 10.1. The van der Waals surface area contributed by atoms with E-state index in [9.17, 15) is 10.0 Å². The topological polar surface area (TPSA) is 114 Å². The van der Waals surface area contributed by atoms with Crippen LogP contribution in [-0.4, -0.2) is 43.2 Å². The maximum Gasteiger partial charge on any atom is 0.253 e. The SMILES string of the molecule is O=C(NCCOCCN=C1Nc2ccccc2N([O-])N1)c1cccc2cc3ccccc3nc12. The lowest BCUT2D eigenvalue weighted by molar-refractivity contribution is 0.0921. The van der Waals surface area contributed by atoms with Crippen molar-refractivity contribution < 1.29 is 9.53 Å². The largest absolute Gasteiger partial charge is 0.739 e. The summed E-state index contributed by atoms with van der Waals surface area (Å²) in [6.45, 7) is 1.41. The van der Waals surface area contributed by atoms with Crippen molar-refractivity contribution in [1.82, 2.24) is 15.7 Å². The number of guanidine groups is 1. The highest BCUT2D eigenvalue weighted by Crippen LogP contribution is 2.26. The molecule has 1 aromatic heterocycles. The van der Waals surface area contributed by atoms with Gasteiger partial charge in [0.1, 0.15) is 0 Å². The maximum absolute atomic E-state index is 12.7. The van der Waals surface area contributed by atoms with Gasteiger partial charge in [0.05, 0.1) is 47.7 Å². The molecule has 1 aliphatic heterocycles. The van der Waals surface area contributed by atoms with Crippen molar-refractivity contribution in [1.29, 1.82) is 0 Å². The summed E-state index contributed by atoms with van der Waals surface area (Å²) in [5, 5.41) is 20.6. The van der Waals surface area contributed by atoms with Crippen LogP contribution in [0.25, 0.3) is 21.8 Å². The maximum atomic E-state index is 12.7. The molecule has 0 radical (unpaired) electrons. The summed E-state index contributed by atoms with van der Waals surface area (Å²) in [7, 11) is 0. The fourth-order valence-corrected chi connectivity index (χ4v) is 3.78. The molecule has 0 fully saturated rings. The van der Waals surface area contributed by atoms with Gasteiger partial charge in [-0.3, -0.25) is 10.2 Å². The van der Waals surface area contributed by atoms with Crippen LogP contribution in [0.3, 0.4) is 0 Å². The first-order chi connectivity index (χ1) is 16.7. The molecule has 5 rings (SSSR count). The minimum atomic E-state index is -0.193. The van der Waals surface area contributed by atoms with Gasteiger partial charge in [0, 0.05) is 17.3 Å². The van der Waals surface area contributed by atoms with Crippen LogP contribution in [0.5, 0.6) is 0 Å². The van der Waals surface area contributed by atoms with E-state index in [2.05, 4.69) is 26.0 Å². The minimum absolute atomic E-state index is 0.193. The van der Waals surface area contributed by atoms with E-state index < -0.39 is 0 Å². The average Bonchev–Trinajstić information content (AvgIpc) is 2.86. The van der Waals surface area contributed by atoms with Crippen LogP contribution < -0.4 is 21.2 Å². The van der Waals surface area contributed by atoms with Gasteiger partial charge in [-0.1, -0.05) is 42.5 Å². The highest BCUT2D eigenvalue weighted by Gasteiger charge is 2.13. The van der Waals surface area contributed by atoms with Crippen LogP contribution in [0, 0.1) is 5.21 Å². The Morgan fingerprint density at radius 3 is 2.79 bits per heavy atom. The van der Waals surface area contributed by atoms with Crippen molar-refractivity contribution in [3.63, 3.8) is 0 Å². The van der Waals surface area contributed by atoms with E-state index in [-0.39, 0.29) is 5.91 Å². The first-order valence-corrected chi connectivity index (χ1v) is 11.0. The summed E-state index contributed by atoms with van der Waals surface area (Å²) >= 11 is 0. The number of amides is 1. The number of hydrazine groups is 1. The van der Waals surface area contributed by atoms with Crippen LogP contribution in [0.15, 0.2) is 77.8 Å². The summed E-state index contributed by atoms with van der Waals surface area (Å²) in [6.07, 6.45) is 0. The van der Waals surface area contributed by atoms with Crippen molar-refractivity contribution in [2.45, 2.75) is 0 Å². The van der Waals surface area contributed by atoms with Gasteiger partial charge in [-0.25, -0.2) is 9.98 Å². The predicted molar refractivity (Wildman–Crippen MR) is 134 cm³/mol. The van der Waals surface area contributed by atoms with Crippen molar-refractivity contribution in [2.24, 2.45) is 4.99 Å². The minimum Gasteiger partial charge on any atom is -0.739 e. The highest BCUT2D eigenvalue weighted by atomic mass is 16.5. The summed E-state index contributed by atoms with van der Waals surface area (Å²) in [5.74, 6) is 0.170. The van der Waals surface area contributed by atoms with E-state index in [0.717, 1.165) is 16.3 Å². The Bertz CT molecular complexity index is 1370. The van der Waals surface area contributed by atoms with E-state index in [0.29, 0.717) is 59.9 Å². The second-order valence-electron chi connectivity index (χ2n) is 7.71. The molecular weight excluding hydrogens is 432 g/mol. The first kappa shape index (κ1) is 21.6. The molecule has 0 unspecified atom stereocenters. The molecule has 0 bridgehead atoms. The molecular formula is C25H23N6O3-. The molecule has 3 N–H and O–H groups in total. The van der Waals surface area contributed by atoms with Crippen LogP contribution in [0.1, 0.15) is 10.4 Å². The number of fused-ring (bicyclic) bond motifs is 3. The first-order valence-electron chi connectivity index (χ1n) is 11.0. The molecule has 0 saturated carbocycles. The normalized spacial score (nSPS) is 14.0. The molecule has 172 valence electrons. The van der Waals surface area contributed by atoms with Crippen LogP contribution >= 0.6 is 0 Å². The van der Waals surface area contributed by atoms with Gasteiger partial charge in [0.25, 0.3) is 5.91 Å². The molecule has 9 heteroatoms. The Balaban J connectivity index is 1.10. The van der Waals surface area contributed by atoms with Gasteiger partial charge >= 0.3 is 0 Å². The number of para-hydroxylation sites is 4. The Labute approximate surface area is 196 Å². The number of nitrogens with one attached hydrogen (secondary N) is 3. The number of nitrogens with zero attached hydrogens (tertiary/aromatic N) is 3. The van der Waals surface area contributed by atoms with Gasteiger partial charge < -0.3 is 25.7 Å². The number of ether oxygens (including phenoxy) is 1. The van der Waals surface area contributed by atoms with E-state index in [4.69, 9.17) is 4.74 Å². The molecule has 1 amide bonds. The number of aromatic nitrogens is 1. The van der Waals surface area contributed by atoms with Crippen LogP contribution in [0.2, 0.25) is 0 Å². The quantitative estimate of drug-likeness (QED) is 0.289. The Morgan fingerprint density at radius 2 is 1.85 bits per heavy atom. The van der Waals surface area contributed by atoms with E-state index >= 15 is 0 Å². The molecule has 0 spiro atoms. The fraction of sp³-hybridized carbons (Fsp3) is 0.160. The number of pyridine rings is 1. The second-order valence-corrected chi connectivity index (χ2v) is 7.71.